The normalized spacial score (nSPS) is 10.7. The number of aliphatic carboxylic acids is 1. The van der Waals surface area contributed by atoms with Gasteiger partial charge < -0.3 is 5.11 Å². The van der Waals surface area contributed by atoms with Crippen LogP contribution in [0.25, 0.3) is 22.5 Å². The number of carboxylic acid groups (broad SMARTS) is 1. The number of nitrogens with one attached hydrogen (secondary N) is 1. The van der Waals surface area contributed by atoms with Gasteiger partial charge >= 0.3 is 12.1 Å². The van der Waals surface area contributed by atoms with Crippen molar-refractivity contribution in [3.63, 3.8) is 0 Å². The second-order valence-corrected chi connectivity index (χ2v) is 5.07. The minimum Gasteiger partial charge on any atom is -0.475 e. The average molecular weight is 349 g/mol. The van der Waals surface area contributed by atoms with Crippen LogP contribution in [-0.2, 0) is 4.79 Å². The van der Waals surface area contributed by atoms with Gasteiger partial charge in [0.2, 0.25) is 0 Å². The maximum Gasteiger partial charge on any atom is 0.490 e. The number of pyridine rings is 1. The quantitative estimate of drug-likeness (QED) is 0.731. The van der Waals surface area contributed by atoms with Crippen LogP contribution in [0.15, 0.2) is 54.9 Å². The molecule has 2 N–H and O–H groups in total. The fourth-order valence-electron chi connectivity index (χ4n) is 1.96. The van der Waals surface area contributed by atoms with Crippen LogP contribution in [0.4, 0.5) is 13.2 Å². The number of aromatic amines is 1. The molecule has 1 aromatic carbocycles. The fraction of sp³-hybridized carbons (Fsp3) is 0.118. The van der Waals surface area contributed by atoms with Crippen LogP contribution in [-0.4, -0.2) is 32.4 Å². The highest BCUT2D eigenvalue weighted by Gasteiger charge is 2.38. The summed E-state index contributed by atoms with van der Waals surface area (Å²) in [4.78, 5) is 13.3. The molecule has 0 aliphatic carbocycles. The standard InChI is InChI=1S/C15H13N3.C2HF3O2/c1-11-5-7-16-15(9-11)13-4-2-3-12(10-13)14-6-8-17-18-14;3-2(4,5)1(6)7/h2-10H,1H3,(H,17,18);(H,6,7). The molecule has 0 atom stereocenters. The van der Waals surface area contributed by atoms with Gasteiger partial charge in [-0.1, -0.05) is 18.2 Å². The number of aryl methyl sites for hydroxylation is 1. The molecule has 0 amide bonds. The van der Waals surface area contributed by atoms with E-state index < -0.39 is 12.1 Å². The number of hydrogen-bond acceptors (Lipinski definition) is 3. The van der Waals surface area contributed by atoms with Gasteiger partial charge in [0.1, 0.15) is 0 Å². The summed E-state index contributed by atoms with van der Waals surface area (Å²) >= 11 is 0. The molecule has 0 aliphatic rings. The molecular weight excluding hydrogens is 335 g/mol. The van der Waals surface area contributed by atoms with Crippen LogP contribution in [0, 0.1) is 6.92 Å². The maximum atomic E-state index is 10.6. The van der Waals surface area contributed by atoms with Gasteiger partial charge in [-0.05, 0) is 36.8 Å². The van der Waals surface area contributed by atoms with Crippen molar-refractivity contribution in [2.45, 2.75) is 13.1 Å². The Morgan fingerprint density at radius 3 is 2.32 bits per heavy atom. The molecule has 0 bridgehead atoms. The summed E-state index contributed by atoms with van der Waals surface area (Å²) in [7, 11) is 0. The second-order valence-electron chi connectivity index (χ2n) is 5.07. The number of halogens is 3. The fourth-order valence-corrected chi connectivity index (χ4v) is 1.96. The molecule has 3 aromatic rings. The van der Waals surface area contributed by atoms with Crippen molar-refractivity contribution in [2.75, 3.05) is 0 Å². The molecule has 2 heterocycles. The molecule has 0 radical (unpaired) electrons. The third-order valence-corrected chi connectivity index (χ3v) is 3.13. The van der Waals surface area contributed by atoms with E-state index in [1.54, 1.807) is 6.20 Å². The number of carboxylic acids is 1. The van der Waals surface area contributed by atoms with Gasteiger partial charge in [-0.3, -0.25) is 10.1 Å². The van der Waals surface area contributed by atoms with Crippen molar-refractivity contribution >= 4 is 5.97 Å². The molecule has 0 unspecified atom stereocenters. The highest BCUT2D eigenvalue weighted by Crippen LogP contribution is 2.24. The predicted octanol–water partition coefficient (Wildman–Crippen LogP) is 4.08. The van der Waals surface area contributed by atoms with Crippen molar-refractivity contribution in [3.05, 3.63) is 60.4 Å². The Hall–Kier alpha value is -3.16. The number of alkyl halides is 3. The van der Waals surface area contributed by atoms with Gasteiger partial charge in [0.15, 0.2) is 0 Å². The van der Waals surface area contributed by atoms with Gasteiger partial charge in [0.25, 0.3) is 0 Å². The smallest absolute Gasteiger partial charge is 0.475 e. The molecule has 5 nitrogen and oxygen atoms in total. The van der Waals surface area contributed by atoms with Gasteiger partial charge in [0, 0.05) is 23.5 Å². The van der Waals surface area contributed by atoms with E-state index in [-0.39, 0.29) is 0 Å². The SMILES string of the molecule is Cc1ccnc(-c2cccc(-c3ccn[nH]3)c2)c1.O=C(O)C(F)(F)F. The summed E-state index contributed by atoms with van der Waals surface area (Å²) in [6.45, 7) is 2.07. The Balaban J connectivity index is 0.000000277. The molecule has 130 valence electrons. The number of hydrogen-bond donors (Lipinski definition) is 2. The minimum absolute atomic E-state index is 0.997. The molecule has 0 saturated carbocycles. The van der Waals surface area contributed by atoms with E-state index >= 15 is 0 Å². The highest BCUT2D eigenvalue weighted by molar-refractivity contribution is 5.73. The zero-order chi connectivity index (χ0) is 18.4. The third-order valence-electron chi connectivity index (χ3n) is 3.13. The molecule has 25 heavy (non-hydrogen) atoms. The Bertz CT molecular complexity index is 846. The number of nitrogens with zero attached hydrogens (tertiary/aromatic N) is 2. The summed E-state index contributed by atoms with van der Waals surface area (Å²) in [6, 6.07) is 14.3. The largest absolute Gasteiger partial charge is 0.490 e. The van der Waals surface area contributed by atoms with Crippen LogP contribution in [0.5, 0.6) is 0 Å². The van der Waals surface area contributed by atoms with Crippen LogP contribution >= 0.6 is 0 Å². The van der Waals surface area contributed by atoms with Crippen LogP contribution in [0.1, 0.15) is 5.56 Å². The zero-order valence-corrected chi connectivity index (χ0v) is 13.1. The van der Waals surface area contributed by atoms with E-state index in [0.717, 1.165) is 22.5 Å². The van der Waals surface area contributed by atoms with E-state index in [4.69, 9.17) is 9.90 Å². The lowest BCUT2D eigenvalue weighted by Crippen LogP contribution is -2.21. The lowest BCUT2D eigenvalue weighted by molar-refractivity contribution is -0.192. The summed E-state index contributed by atoms with van der Waals surface area (Å²) < 4.78 is 31.7. The molecule has 0 spiro atoms. The van der Waals surface area contributed by atoms with Crippen LogP contribution in [0.2, 0.25) is 0 Å². The summed E-state index contributed by atoms with van der Waals surface area (Å²) in [5.41, 5.74) is 5.46. The van der Waals surface area contributed by atoms with Crippen LogP contribution < -0.4 is 0 Å². The Kier molecular flexibility index (Phi) is 5.53. The van der Waals surface area contributed by atoms with Gasteiger partial charge in [-0.25, -0.2) is 4.79 Å². The van der Waals surface area contributed by atoms with E-state index in [0.29, 0.717) is 0 Å². The van der Waals surface area contributed by atoms with Crippen molar-refractivity contribution in [1.82, 2.24) is 15.2 Å². The Labute approximate surface area is 141 Å². The van der Waals surface area contributed by atoms with Crippen LogP contribution in [0.3, 0.4) is 0 Å². The number of carbonyl (C=O) groups is 1. The summed E-state index contributed by atoms with van der Waals surface area (Å²) in [5.74, 6) is -2.76. The van der Waals surface area contributed by atoms with Gasteiger partial charge in [-0.15, -0.1) is 0 Å². The summed E-state index contributed by atoms with van der Waals surface area (Å²) in [6.07, 6.45) is -1.49. The number of aromatic nitrogens is 3. The number of rotatable bonds is 2. The van der Waals surface area contributed by atoms with Crippen molar-refractivity contribution in [2.24, 2.45) is 0 Å². The monoisotopic (exact) mass is 349 g/mol. The van der Waals surface area contributed by atoms with Crippen molar-refractivity contribution in [1.29, 1.82) is 0 Å². The van der Waals surface area contributed by atoms with Gasteiger partial charge in [-0.2, -0.15) is 18.3 Å². The van der Waals surface area contributed by atoms with Crippen molar-refractivity contribution in [3.8, 4) is 22.5 Å². The van der Waals surface area contributed by atoms with E-state index in [1.165, 1.54) is 5.56 Å². The maximum absolute atomic E-state index is 10.6. The molecule has 0 fully saturated rings. The molecular formula is C17H14F3N3O2. The van der Waals surface area contributed by atoms with E-state index in [9.17, 15) is 13.2 Å². The first-order valence-corrected chi connectivity index (χ1v) is 7.10. The Morgan fingerprint density at radius 1 is 1.08 bits per heavy atom. The number of H-pyrrole nitrogens is 1. The average Bonchev–Trinajstić information content (AvgIpc) is 3.09. The molecule has 0 aliphatic heterocycles. The minimum atomic E-state index is -5.08. The lowest BCUT2D eigenvalue weighted by Gasteiger charge is -2.04. The molecule has 2 aromatic heterocycles. The summed E-state index contributed by atoms with van der Waals surface area (Å²) in [5, 5.41) is 14.1. The first-order valence-electron chi connectivity index (χ1n) is 7.10. The molecule has 8 heteroatoms. The second kappa shape index (κ2) is 7.61. The highest BCUT2D eigenvalue weighted by atomic mass is 19.4. The van der Waals surface area contributed by atoms with Crippen molar-refractivity contribution < 1.29 is 23.1 Å². The predicted molar refractivity (Wildman–Crippen MR) is 85.7 cm³/mol. The first-order chi connectivity index (χ1) is 11.8. The molecule has 3 rings (SSSR count). The first kappa shape index (κ1) is 18.2. The lowest BCUT2D eigenvalue weighted by atomic mass is 10.0. The van der Waals surface area contributed by atoms with E-state index in [1.807, 2.05) is 24.4 Å². The molecule has 0 saturated heterocycles. The Morgan fingerprint density at radius 2 is 1.76 bits per heavy atom. The van der Waals surface area contributed by atoms with E-state index in [2.05, 4.69) is 46.4 Å². The van der Waals surface area contributed by atoms with Gasteiger partial charge in [0.05, 0.1) is 11.4 Å². The number of benzene rings is 1. The topological polar surface area (TPSA) is 78.9 Å². The third kappa shape index (κ3) is 5.17. The zero-order valence-electron chi connectivity index (χ0n) is 13.1.